The Balaban J connectivity index is 1.41. The van der Waals surface area contributed by atoms with Gasteiger partial charge in [-0.3, -0.25) is 4.79 Å². The minimum atomic E-state index is -0.615. The van der Waals surface area contributed by atoms with Gasteiger partial charge < -0.3 is 11.1 Å². The summed E-state index contributed by atoms with van der Waals surface area (Å²) in [5, 5.41) is 3.25. The largest absolute Gasteiger partial charge is 0.351 e. The lowest BCUT2D eigenvalue weighted by molar-refractivity contribution is -0.126. The molecule has 3 heteroatoms. The number of hydrogen-bond acceptors (Lipinski definition) is 2. The van der Waals surface area contributed by atoms with Gasteiger partial charge in [-0.2, -0.15) is 0 Å². The van der Waals surface area contributed by atoms with Crippen LogP contribution in [0.15, 0.2) is 0 Å². The molecular weight excluding hydrogens is 212 g/mol. The number of carbonyl (C=O) groups excluding carboxylic acids is 1. The van der Waals surface area contributed by atoms with Crippen molar-refractivity contribution in [2.75, 3.05) is 0 Å². The summed E-state index contributed by atoms with van der Waals surface area (Å²) in [7, 11) is 0. The molecule has 4 fully saturated rings. The van der Waals surface area contributed by atoms with E-state index in [0.717, 1.165) is 36.5 Å². The predicted octanol–water partition coefficient (Wildman–Crippen LogP) is 1.27. The third kappa shape index (κ3) is 1.35. The fraction of sp³-hybridized carbons (Fsp3) is 0.929. The van der Waals surface area contributed by atoms with Gasteiger partial charge in [0.15, 0.2) is 0 Å². The highest BCUT2D eigenvalue weighted by atomic mass is 16.2. The van der Waals surface area contributed by atoms with Crippen LogP contribution in [0.25, 0.3) is 0 Å². The van der Waals surface area contributed by atoms with Crippen LogP contribution in [0.1, 0.15) is 39.0 Å². The summed E-state index contributed by atoms with van der Waals surface area (Å²) in [4.78, 5) is 12.2. The third-order valence-corrected chi connectivity index (χ3v) is 5.95. The molecular formula is C14H22N2O. The lowest BCUT2D eigenvalue weighted by atomic mass is 9.96. The Labute approximate surface area is 103 Å². The third-order valence-electron chi connectivity index (χ3n) is 5.95. The molecule has 4 saturated carbocycles. The first kappa shape index (κ1) is 10.4. The summed E-state index contributed by atoms with van der Waals surface area (Å²) in [5.41, 5.74) is 5.55. The second-order valence-corrected chi connectivity index (χ2v) is 7.04. The Morgan fingerprint density at radius 3 is 2.29 bits per heavy atom. The Hall–Kier alpha value is -0.570. The minimum absolute atomic E-state index is 0.110. The van der Waals surface area contributed by atoms with Crippen LogP contribution < -0.4 is 11.1 Å². The van der Waals surface area contributed by atoms with E-state index in [1.807, 2.05) is 6.92 Å². The zero-order valence-corrected chi connectivity index (χ0v) is 10.5. The van der Waals surface area contributed by atoms with E-state index < -0.39 is 5.54 Å². The van der Waals surface area contributed by atoms with Crippen molar-refractivity contribution in [3.05, 3.63) is 0 Å². The number of nitrogens with two attached hydrogens (primary N) is 1. The summed E-state index contributed by atoms with van der Waals surface area (Å²) in [5.74, 6) is 4.00. The number of carbonyl (C=O) groups is 1. The van der Waals surface area contributed by atoms with Gasteiger partial charge in [0.05, 0.1) is 5.54 Å². The average Bonchev–Trinajstić information content (AvgIpc) is 3.19. The maximum atomic E-state index is 12.2. The molecule has 4 aliphatic carbocycles. The fourth-order valence-corrected chi connectivity index (χ4v) is 4.69. The van der Waals surface area contributed by atoms with Crippen LogP contribution in [-0.2, 0) is 4.79 Å². The highest BCUT2D eigenvalue weighted by Gasteiger charge is 2.65. The highest BCUT2D eigenvalue weighted by molar-refractivity contribution is 5.87. The van der Waals surface area contributed by atoms with Gasteiger partial charge in [0, 0.05) is 6.04 Å². The molecule has 0 saturated heterocycles. The second kappa shape index (κ2) is 3.05. The zero-order valence-electron chi connectivity index (χ0n) is 10.5. The summed E-state index contributed by atoms with van der Waals surface area (Å²) in [6, 6.07) is 0.482. The first-order valence-electron chi connectivity index (χ1n) is 7.19. The van der Waals surface area contributed by atoms with Crippen LogP contribution in [-0.4, -0.2) is 17.5 Å². The molecule has 0 radical (unpaired) electrons. The fourth-order valence-electron chi connectivity index (χ4n) is 4.69. The Bertz CT molecular complexity index is 358. The monoisotopic (exact) mass is 234 g/mol. The van der Waals surface area contributed by atoms with Gasteiger partial charge in [-0.05, 0) is 68.6 Å². The van der Waals surface area contributed by atoms with Crippen molar-refractivity contribution in [2.24, 2.45) is 35.3 Å². The smallest absolute Gasteiger partial charge is 0.240 e. The van der Waals surface area contributed by atoms with Gasteiger partial charge in [0.2, 0.25) is 5.91 Å². The SMILES string of the molecule is CC(N)(C(=O)NC1C2C3CCC(C3)C12)C1CC1. The first-order valence-corrected chi connectivity index (χ1v) is 7.19. The Morgan fingerprint density at radius 1 is 1.18 bits per heavy atom. The second-order valence-electron chi connectivity index (χ2n) is 7.04. The molecule has 3 nitrogen and oxygen atoms in total. The van der Waals surface area contributed by atoms with Gasteiger partial charge in [0.25, 0.3) is 0 Å². The topological polar surface area (TPSA) is 55.1 Å². The van der Waals surface area contributed by atoms with Crippen LogP contribution in [0.2, 0.25) is 0 Å². The molecule has 0 aromatic carbocycles. The van der Waals surface area contributed by atoms with E-state index in [1.54, 1.807) is 0 Å². The van der Waals surface area contributed by atoms with Crippen molar-refractivity contribution in [3.8, 4) is 0 Å². The number of fused-ring (bicyclic) bond motifs is 5. The lowest BCUT2D eigenvalue weighted by Gasteiger charge is -2.24. The van der Waals surface area contributed by atoms with Crippen LogP contribution in [0, 0.1) is 29.6 Å². The molecule has 0 heterocycles. The molecule has 0 aromatic heterocycles. The number of hydrogen-bond donors (Lipinski definition) is 2. The van der Waals surface area contributed by atoms with E-state index in [1.165, 1.54) is 19.3 Å². The molecule has 1 amide bonds. The molecule has 94 valence electrons. The summed E-state index contributed by atoms with van der Waals surface area (Å²) >= 11 is 0. The van der Waals surface area contributed by atoms with Gasteiger partial charge in [-0.1, -0.05) is 0 Å². The van der Waals surface area contributed by atoms with Crippen LogP contribution >= 0.6 is 0 Å². The van der Waals surface area contributed by atoms with Crippen molar-refractivity contribution in [3.63, 3.8) is 0 Å². The van der Waals surface area contributed by atoms with E-state index in [9.17, 15) is 4.79 Å². The molecule has 4 rings (SSSR count). The van der Waals surface area contributed by atoms with E-state index in [0.29, 0.717) is 12.0 Å². The minimum Gasteiger partial charge on any atom is -0.351 e. The Morgan fingerprint density at radius 2 is 1.76 bits per heavy atom. The molecule has 0 aliphatic heterocycles. The van der Waals surface area contributed by atoms with Crippen LogP contribution in [0.4, 0.5) is 0 Å². The average molecular weight is 234 g/mol. The van der Waals surface area contributed by atoms with E-state index in [4.69, 9.17) is 5.73 Å². The van der Waals surface area contributed by atoms with Gasteiger partial charge >= 0.3 is 0 Å². The number of amides is 1. The van der Waals surface area contributed by atoms with Crippen molar-refractivity contribution in [1.82, 2.24) is 5.32 Å². The predicted molar refractivity (Wildman–Crippen MR) is 65.1 cm³/mol. The lowest BCUT2D eigenvalue weighted by Crippen LogP contribution is -2.54. The molecule has 2 bridgehead atoms. The molecule has 5 atom stereocenters. The number of nitrogens with one attached hydrogen (secondary N) is 1. The molecule has 0 aromatic rings. The zero-order chi connectivity index (χ0) is 11.8. The van der Waals surface area contributed by atoms with Crippen molar-refractivity contribution in [2.45, 2.75) is 50.6 Å². The molecule has 3 N–H and O–H groups in total. The first-order chi connectivity index (χ1) is 8.09. The van der Waals surface area contributed by atoms with Crippen molar-refractivity contribution in [1.29, 1.82) is 0 Å². The van der Waals surface area contributed by atoms with Crippen molar-refractivity contribution >= 4 is 5.91 Å². The standard InChI is InChI=1S/C14H22N2O/c1-14(15,9-4-5-9)13(17)16-12-10-7-2-3-8(6-7)11(10)12/h7-12H,2-6,15H2,1H3,(H,16,17). The van der Waals surface area contributed by atoms with Crippen molar-refractivity contribution < 1.29 is 4.79 Å². The maximum Gasteiger partial charge on any atom is 0.240 e. The van der Waals surface area contributed by atoms with Gasteiger partial charge in [0.1, 0.15) is 0 Å². The van der Waals surface area contributed by atoms with E-state index in [-0.39, 0.29) is 5.91 Å². The summed E-state index contributed by atoms with van der Waals surface area (Å²) in [6.45, 7) is 1.91. The quantitative estimate of drug-likeness (QED) is 0.773. The van der Waals surface area contributed by atoms with E-state index in [2.05, 4.69) is 5.32 Å². The number of rotatable bonds is 3. The summed E-state index contributed by atoms with van der Waals surface area (Å²) in [6.07, 6.45) is 6.50. The normalized spacial score (nSPS) is 49.6. The van der Waals surface area contributed by atoms with Gasteiger partial charge in [-0.15, -0.1) is 0 Å². The molecule has 17 heavy (non-hydrogen) atoms. The van der Waals surface area contributed by atoms with Crippen LogP contribution in [0.3, 0.4) is 0 Å². The maximum absolute atomic E-state index is 12.2. The molecule has 4 aliphatic rings. The Kier molecular flexibility index (Phi) is 1.86. The molecule has 5 unspecified atom stereocenters. The van der Waals surface area contributed by atoms with Gasteiger partial charge in [-0.25, -0.2) is 0 Å². The van der Waals surface area contributed by atoms with Crippen LogP contribution in [0.5, 0.6) is 0 Å². The summed E-state index contributed by atoms with van der Waals surface area (Å²) < 4.78 is 0. The van der Waals surface area contributed by atoms with E-state index >= 15 is 0 Å². The highest BCUT2D eigenvalue weighted by Crippen LogP contribution is 2.65. The molecule has 0 spiro atoms.